The lowest BCUT2D eigenvalue weighted by molar-refractivity contribution is 0.480. The van der Waals surface area contributed by atoms with Crippen molar-refractivity contribution in [1.82, 2.24) is 24.5 Å². The number of aryl methyl sites for hydroxylation is 2. The molecule has 34 heavy (non-hydrogen) atoms. The summed E-state index contributed by atoms with van der Waals surface area (Å²) in [4.78, 5) is 3.46. The molecule has 178 valence electrons. The maximum Gasteiger partial charge on any atom is 0.280 e. The average molecular weight is 503 g/mol. The fourth-order valence-corrected chi connectivity index (χ4v) is 6.68. The van der Waals surface area contributed by atoms with Gasteiger partial charge in [0.05, 0.1) is 24.3 Å². The lowest BCUT2D eigenvalue weighted by Crippen LogP contribution is -2.36. The molecule has 0 aliphatic heterocycles. The Morgan fingerprint density at radius 1 is 0.794 bits per heavy atom. The third-order valence-corrected chi connectivity index (χ3v) is 8.90. The maximum absolute atomic E-state index is 13.6. The molecule has 11 nitrogen and oxygen atoms in total. The van der Waals surface area contributed by atoms with Crippen LogP contribution < -0.4 is 8.45 Å². The molecule has 0 amide bonds. The standard InChI is InChI=1S/C21H22N6O5S2/c1-3-25-15-20(13-23-25)33(28,29)27(34(30,31)21-14-24-26(4-2)16-21)17-7-9-18(10-8-17)32-19-6-5-11-22-12-19/h5-16H,3-4H2,1-2H3. The SMILES string of the molecule is CCn1cc(S(=O)(=O)N(c2ccc(Oc3cccnc3)cc2)S(=O)(=O)c2cnn(CC)c2)cn1. The summed E-state index contributed by atoms with van der Waals surface area (Å²) in [5.74, 6) is 0.857. The van der Waals surface area contributed by atoms with E-state index < -0.39 is 20.0 Å². The van der Waals surface area contributed by atoms with Gasteiger partial charge in [-0.15, -0.1) is 0 Å². The first-order valence-electron chi connectivity index (χ1n) is 10.3. The van der Waals surface area contributed by atoms with Gasteiger partial charge in [-0.3, -0.25) is 14.3 Å². The quantitative estimate of drug-likeness (QED) is 0.342. The molecule has 0 atom stereocenters. The molecule has 0 aliphatic carbocycles. The molecule has 3 aromatic heterocycles. The molecule has 0 aliphatic rings. The zero-order valence-electron chi connectivity index (χ0n) is 18.4. The summed E-state index contributed by atoms with van der Waals surface area (Å²) in [5, 5.41) is 7.97. The number of hydrogen-bond donors (Lipinski definition) is 0. The van der Waals surface area contributed by atoms with Crippen molar-refractivity contribution in [3.05, 3.63) is 73.6 Å². The molecule has 0 unspecified atom stereocenters. The second-order valence-corrected chi connectivity index (χ2v) is 10.9. The van der Waals surface area contributed by atoms with Crippen molar-refractivity contribution in [1.29, 1.82) is 0 Å². The van der Waals surface area contributed by atoms with Crippen molar-refractivity contribution in [3.63, 3.8) is 0 Å². The zero-order valence-corrected chi connectivity index (χ0v) is 20.0. The topological polar surface area (TPSA) is 129 Å². The van der Waals surface area contributed by atoms with Crippen LogP contribution >= 0.6 is 0 Å². The van der Waals surface area contributed by atoms with Crippen LogP contribution in [0.5, 0.6) is 11.5 Å². The van der Waals surface area contributed by atoms with Crippen LogP contribution in [0.1, 0.15) is 13.8 Å². The van der Waals surface area contributed by atoms with Crippen molar-refractivity contribution >= 4 is 25.7 Å². The number of pyridine rings is 1. The van der Waals surface area contributed by atoms with E-state index in [1.54, 1.807) is 32.2 Å². The van der Waals surface area contributed by atoms with Crippen molar-refractivity contribution in [2.45, 2.75) is 36.7 Å². The zero-order chi connectivity index (χ0) is 24.3. The number of nitrogens with zero attached hydrogens (tertiary/aromatic N) is 6. The van der Waals surface area contributed by atoms with E-state index in [0.29, 0.717) is 28.3 Å². The average Bonchev–Trinajstić information content (AvgIpc) is 3.51. The Morgan fingerprint density at radius 2 is 1.35 bits per heavy atom. The molecule has 0 spiro atoms. The minimum atomic E-state index is -4.54. The molecule has 0 bridgehead atoms. The van der Waals surface area contributed by atoms with Crippen molar-refractivity contribution in [3.8, 4) is 11.5 Å². The van der Waals surface area contributed by atoms with E-state index in [-0.39, 0.29) is 15.5 Å². The first-order valence-corrected chi connectivity index (χ1v) is 13.2. The van der Waals surface area contributed by atoms with Crippen LogP contribution in [0.2, 0.25) is 0 Å². The summed E-state index contributed by atoms with van der Waals surface area (Å²) in [7, 11) is -9.09. The second-order valence-electron chi connectivity index (χ2n) is 7.06. The van der Waals surface area contributed by atoms with Crippen LogP contribution in [-0.2, 0) is 33.1 Å². The molecule has 0 N–H and O–H groups in total. The van der Waals surface area contributed by atoms with E-state index in [0.717, 1.165) is 12.4 Å². The van der Waals surface area contributed by atoms with Crippen molar-refractivity contribution < 1.29 is 21.6 Å². The monoisotopic (exact) mass is 502 g/mol. The van der Waals surface area contributed by atoms with E-state index >= 15 is 0 Å². The molecule has 0 saturated heterocycles. The first-order chi connectivity index (χ1) is 16.3. The Kier molecular flexibility index (Phi) is 6.39. The highest BCUT2D eigenvalue weighted by Crippen LogP contribution is 2.32. The van der Waals surface area contributed by atoms with E-state index in [2.05, 4.69) is 15.2 Å². The molecule has 4 aromatic rings. The van der Waals surface area contributed by atoms with Gasteiger partial charge in [-0.05, 0) is 50.2 Å². The first kappa shape index (κ1) is 23.4. The lowest BCUT2D eigenvalue weighted by atomic mass is 10.3. The molecule has 0 saturated carbocycles. The number of rotatable bonds is 9. The molecule has 0 radical (unpaired) electrons. The van der Waals surface area contributed by atoms with E-state index in [1.165, 1.54) is 52.2 Å². The van der Waals surface area contributed by atoms with Crippen LogP contribution in [0.4, 0.5) is 5.69 Å². The molecule has 0 fully saturated rings. The largest absolute Gasteiger partial charge is 0.456 e. The van der Waals surface area contributed by atoms with E-state index in [4.69, 9.17) is 4.74 Å². The third kappa shape index (κ3) is 4.52. The van der Waals surface area contributed by atoms with Crippen LogP contribution in [0.25, 0.3) is 0 Å². The number of ether oxygens (including phenoxy) is 1. The normalized spacial score (nSPS) is 11.9. The molecular weight excluding hydrogens is 480 g/mol. The minimum Gasteiger partial charge on any atom is -0.456 e. The number of anilines is 1. The Labute approximate surface area is 197 Å². The Balaban J connectivity index is 1.79. The molecular formula is C21H22N6O5S2. The molecule has 1 aromatic carbocycles. The third-order valence-electron chi connectivity index (χ3n) is 4.82. The molecule has 3 heterocycles. The van der Waals surface area contributed by atoms with Crippen LogP contribution in [0.3, 0.4) is 0 Å². The van der Waals surface area contributed by atoms with Gasteiger partial charge in [-0.1, -0.05) is 0 Å². The smallest absolute Gasteiger partial charge is 0.280 e. The number of aromatic nitrogens is 5. The number of hydrogen-bond acceptors (Lipinski definition) is 8. The fourth-order valence-electron chi connectivity index (χ4n) is 3.08. The van der Waals surface area contributed by atoms with Gasteiger partial charge in [0.15, 0.2) is 0 Å². The number of sulfonamides is 2. The summed E-state index contributed by atoms with van der Waals surface area (Å²) in [5.41, 5.74) is -0.0907. The highest BCUT2D eigenvalue weighted by Gasteiger charge is 2.38. The predicted molar refractivity (Wildman–Crippen MR) is 123 cm³/mol. The van der Waals surface area contributed by atoms with E-state index in [1.807, 2.05) is 0 Å². The summed E-state index contributed by atoms with van der Waals surface area (Å²) in [6.07, 6.45) is 7.94. The Morgan fingerprint density at radius 3 is 1.79 bits per heavy atom. The molecule has 13 heteroatoms. The van der Waals surface area contributed by atoms with Gasteiger partial charge in [0, 0.05) is 31.7 Å². The van der Waals surface area contributed by atoms with Gasteiger partial charge in [-0.2, -0.15) is 30.7 Å². The highest BCUT2D eigenvalue weighted by atomic mass is 32.3. The summed E-state index contributed by atoms with van der Waals surface area (Å²) in [6, 6.07) is 9.08. The fraction of sp³-hybridized carbons (Fsp3) is 0.190. The summed E-state index contributed by atoms with van der Waals surface area (Å²) < 4.78 is 63.1. The summed E-state index contributed by atoms with van der Waals surface area (Å²) >= 11 is 0. The molecule has 4 rings (SSSR count). The van der Waals surface area contributed by atoms with Gasteiger partial charge in [0.1, 0.15) is 21.3 Å². The van der Waals surface area contributed by atoms with Gasteiger partial charge in [-0.25, -0.2) is 0 Å². The van der Waals surface area contributed by atoms with Crippen LogP contribution in [0, 0.1) is 0 Å². The van der Waals surface area contributed by atoms with Gasteiger partial charge in [0.25, 0.3) is 20.0 Å². The van der Waals surface area contributed by atoms with Crippen molar-refractivity contribution in [2.75, 3.05) is 3.71 Å². The maximum atomic E-state index is 13.6. The van der Waals surface area contributed by atoms with Gasteiger partial charge >= 0.3 is 0 Å². The number of benzene rings is 1. The highest BCUT2D eigenvalue weighted by molar-refractivity contribution is 8.10. The predicted octanol–water partition coefficient (Wildman–Crippen LogP) is 2.89. The van der Waals surface area contributed by atoms with Gasteiger partial charge < -0.3 is 4.74 Å². The van der Waals surface area contributed by atoms with Crippen LogP contribution in [0.15, 0.2) is 83.4 Å². The van der Waals surface area contributed by atoms with Crippen LogP contribution in [-0.4, -0.2) is 41.4 Å². The lowest BCUT2D eigenvalue weighted by Gasteiger charge is -2.23. The Bertz CT molecular complexity index is 1410. The van der Waals surface area contributed by atoms with E-state index in [9.17, 15) is 16.8 Å². The van der Waals surface area contributed by atoms with Gasteiger partial charge in [0.2, 0.25) is 0 Å². The second kappa shape index (κ2) is 9.27. The van der Waals surface area contributed by atoms with Crippen molar-refractivity contribution in [2.24, 2.45) is 0 Å². The minimum absolute atomic E-state index is 0.0907. The summed E-state index contributed by atoms with van der Waals surface area (Å²) in [6.45, 7) is 4.42. The Hall–Kier alpha value is -3.71.